The summed E-state index contributed by atoms with van der Waals surface area (Å²) in [7, 11) is 0. The Morgan fingerprint density at radius 1 is 1.14 bits per heavy atom. The van der Waals surface area contributed by atoms with Crippen LogP contribution in [0.2, 0.25) is 0 Å². The lowest BCUT2D eigenvalue weighted by Crippen LogP contribution is -2.54. The second-order valence-corrected chi connectivity index (χ2v) is 4.43. The third-order valence-corrected chi connectivity index (χ3v) is 3.35. The first-order valence-corrected chi connectivity index (χ1v) is 5.88. The van der Waals surface area contributed by atoms with Gasteiger partial charge in [0.25, 0.3) is 0 Å². The standard InChI is InChI=1S/C11H20N2O/c14-11-9-12-8-10-6-4-2-1-3-5-7-13(10)11/h10,12H,1-9H2. The van der Waals surface area contributed by atoms with Crippen LogP contribution in [0.15, 0.2) is 0 Å². The number of nitrogens with one attached hydrogen (secondary N) is 1. The average molecular weight is 196 g/mol. The highest BCUT2D eigenvalue weighted by molar-refractivity contribution is 5.79. The normalized spacial score (nSPS) is 30.1. The fourth-order valence-corrected chi connectivity index (χ4v) is 2.52. The van der Waals surface area contributed by atoms with E-state index in [-0.39, 0.29) is 0 Å². The number of hydrogen-bond donors (Lipinski definition) is 1. The number of nitrogens with zero attached hydrogens (tertiary/aromatic N) is 1. The van der Waals surface area contributed by atoms with Crippen LogP contribution in [-0.4, -0.2) is 36.5 Å². The molecule has 2 rings (SSSR count). The molecule has 3 nitrogen and oxygen atoms in total. The van der Waals surface area contributed by atoms with Gasteiger partial charge in [0, 0.05) is 19.1 Å². The lowest BCUT2D eigenvalue weighted by atomic mass is 10.1. The van der Waals surface area contributed by atoms with Gasteiger partial charge in [-0.05, 0) is 12.8 Å². The number of carbonyl (C=O) groups excluding carboxylic acids is 1. The zero-order valence-electron chi connectivity index (χ0n) is 8.80. The molecule has 80 valence electrons. The largest absolute Gasteiger partial charge is 0.337 e. The highest BCUT2D eigenvalue weighted by Crippen LogP contribution is 2.17. The molecule has 3 heteroatoms. The van der Waals surface area contributed by atoms with Gasteiger partial charge >= 0.3 is 0 Å². The Bertz CT molecular complexity index is 205. The topological polar surface area (TPSA) is 32.3 Å². The molecule has 0 aromatic carbocycles. The van der Waals surface area contributed by atoms with Crippen molar-refractivity contribution < 1.29 is 4.79 Å². The Kier molecular flexibility index (Phi) is 3.40. The molecular weight excluding hydrogens is 176 g/mol. The quantitative estimate of drug-likeness (QED) is 0.630. The summed E-state index contributed by atoms with van der Waals surface area (Å²) in [6, 6.07) is 0.481. The molecule has 0 bridgehead atoms. The Labute approximate surface area is 85.8 Å². The number of amides is 1. The van der Waals surface area contributed by atoms with Crippen molar-refractivity contribution in [2.75, 3.05) is 19.6 Å². The molecule has 2 fully saturated rings. The van der Waals surface area contributed by atoms with Crippen LogP contribution in [0.25, 0.3) is 0 Å². The highest BCUT2D eigenvalue weighted by atomic mass is 16.2. The second-order valence-electron chi connectivity index (χ2n) is 4.43. The molecule has 0 aromatic heterocycles. The van der Waals surface area contributed by atoms with Crippen molar-refractivity contribution in [1.29, 1.82) is 0 Å². The number of carbonyl (C=O) groups is 1. The number of piperazine rings is 1. The first kappa shape index (κ1) is 9.97. The van der Waals surface area contributed by atoms with E-state index in [0.29, 0.717) is 18.5 Å². The molecule has 2 aliphatic rings. The molecule has 0 radical (unpaired) electrons. The minimum absolute atomic E-state index is 0.308. The van der Waals surface area contributed by atoms with E-state index in [9.17, 15) is 4.79 Å². The summed E-state index contributed by atoms with van der Waals surface area (Å²) in [5.41, 5.74) is 0. The van der Waals surface area contributed by atoms with Crippen LogP contribution in [0.4, 0.5) is 0 Å². The van der Waals surface area contributed by atoms with Gasteiger partial charge in [0.15, 0.2) is 0 Å². The van der Waals surface area contributed by atoms with E-state index in [2.05, 4.69) is 10.2 Å². The van der Waals surface area contributed by atoms with E-state index in [4.69, 9.17) is 0 Å². The number of fused-ring (bicyclic) bond motifs is 1. The van der Waals surface area contributed by atoms with E-state index in [1.165, 1.54) is 38.5 Å². The van der Waals surface area contributed by atoms with Crippen LogP contribution in [0.1, 0.15) is 38.5 Å². The Morgan fingerprint density at radius 2 is 1.93 bits per heavy atom. The number of rotatable bonds is 0. The monoisotopic (exact) mass is 196 g/mol. The summed E-state index contributed by atoms with van der Waals surface area (Å²) in [4.78, 5) is 13.8. The molecule has 1 N–H and O–H groups in total. The minimum atomic E-state index is 0.308. The van der Waals surface area contributed by atoms with Gasteiger partial charge in [-0.15, -0.1) is 0 Å². The average Bonchev–Trinajstić information content (AvgIpc) is 2.30. The van der Waals surface area contributed by atoms with Gasteiger partial charge in [0.1, 0.15) is 0 Å². The van der Waals surface area contributed by atoms with Gasteiger partial charge in [-0.25, -0.2) is 0 Å². The number of hydrogen-bond acceptors (Lipinski definition) is 2. The Balaban J connectivity index is 1.99. The fourth-order valence-electron chi connectivity index (χ4n) is 2.52. The molecule has 0 aliphatic carbocycles. The molecule has 0 saturated carbocycles. The SMILES string of the molecule is O=C1CNCC2CCCCCCCN12. The van der Waals surface area contributed by atoms with Crippen LogP contribution in [0.3, 0.4) is 0 Å². The van der Waals surface area contributed by atoms with Crippen molar-refractivity contribution in [2.24, 2.45) is 0 Å². The predicted octanol–water partition coefficient (Wildman–Crippen LogP) is 1.14. The molecule has 2 aliphatic heterocycles. The van der Waals surface area contributed by atoms with Crippen LogP contribution < -0.4 is 5.32 Å². The maximum absolute atomic E-state index is 11.7. The Hall–Kier alpha value is -0.570. The molecule has 0 aromatic rings. The summed E-state index contributed by atoms with van der Waals surface area (Å²) < 4.78 is 0. The molecule has 2 saturated heterocycles. The van der Waals surface area contributed by atoms with Crippen LogP contribution in [-0.2, 0) is 4.79 Å². The zero-order valence-corrected chi connectivity index (χ0v) is 8.80. The van der Waals surface area contributed by atoms with Gasteiger partial charge in [0.05, 0.1) is 6.54 Å². The van der Waals surface area contributed by atoms with E-state index in [0.717, 1.165) is 13.1 Å². The van der Waals surface area contributed by atoms with Crippen molar-refractivity contribution in [3.05, 3.63) is 0 Å². The van der Waals surface area contributed by atoms with Gasteiger partial charge in [-0.1, -0.05) is 25.7 Å². The van der Waals surface area contributed by atoms with Crippen molar-refractivity contribution >= 4 is 5.91 Å². The minimum Gasteiger partial charge on any atom is -0.337 e. The van der Waals surface area contributed by atoms with Crippen molar-refractivity contribution in [3.8, 4) is 0 Å². The lowest BCUT2D eigenvalue weighted by Gasteiger charge is -2.35. The third kappa shape index (κ3) is 2.27. The highest BCUT2D eigenvalue weighted by Gasteiger charge is 2.27. The summed E-state index contributed by atoms with van der Waals surface area (Å²) in [6.07, 6.45) is 7.67. The van der Waals surface area contributed by atoms with Crippen LogP contribution >= 0.6 is 0 Å². The molecule has 1 amide bonds. The van der Waals surface area contributed by atoms with Crippen LogP contribution in [0, 0.1) is 0 Å². The van der Waals surface area contributed by atoms with Crippen molar-refractivity contribution in [2.45, 2.75) is 44.6 Å². The molecule has 0 spiro atoms. The van der Waals surface area contributed by atoms with E-state index < -0.39 is 0 Å². The summed E-state index contributed by atoms with van der Waals surface area (Å²) in [5, 5.41) is 3.21. The van der Waals surface area contributed by atoms with Gasteiger partial charge in [-0.2, -0.15) is 0 Å². The van der Waals surface area contributed by atoms with Crippen molar-refractivity contribution in [3.63, 3.8) is 0 Å². The van der Waals surface area contributed by atoms with Crippen LogP contribution in [0.5, 0.6) is 0 Å². The molecule has 2 heterocycles. The summed E-state index contributed by atoms with van der Waals surface area (Å²) in [5.74, 6) is 0.308. The lowest BCUT2D eigenvalue weighted by molar-refractivity contribution is -0.135. The Morgan fingerprint density at radius 3 is 2.86 bits per heavy atom. The summed E-state index contributed by atoms with van der Waals surface area (Å²) >= 11 is 0. The van der Waals surface area contributed by atoms with Gasteiger partial charge in [0.2, 0.25) is 5.91 Å². The maximum atomic E-state index is 11.7. The van der Waals surface area contributed by atoms with Gasteiger partial charge < -0.3 is 10.2 Å². The first-order chi connectivity index (χ1) is 6.88. The van der Waals surface area contributed by atoms with Crippen molar-refractivity contribution in [1.82, 2.24) is 10.2 Å². The van der Waals surface area contributed by atoms with E-state index in [1.54, 1.807) is 0 Å². The van der Waals surface area contributed by atoms with E-state index in [1.807, 2.05) is 0 Å². The molecule has 14 heavy (non-hydrogen) atoms. The second kappa shape index (κ2) is 4.78. The zero-order chi connectivity index (χ0) is 9.80. The summed E-state index contributed by atoms with van der Waals surface area (Å²) in [6.45, 7) is 2.55. The van der Waals surface area contributed by atoms with E-state index >= 15 is 0 Å². The maximum Gasteiger partial charge on any atom is 0.236 e. The van der Waals surface area contributed by atoms with Gasteiger partial charge in [-0.3, -0.25) is 4.79 Å². The smallest absolute Gasteiger partial charge is 0.236 e. The predicted molar refractivity (Wildman–Crippen MR) is 56.1 cm³/mol. The third-order valence-electron chi connectivity index (χ3n) is 3.35. The first-order valence-electron chi connectivity index (χ1n) is 5.88. The molecule has 1 atom stereocenters. The fraction of sp³-hybridized carbons (Fsp3) is 0.909. The molecular formula is C11H20N2O. The molecule has 1 unspecified atom stereocenters.